The van der Waals surface area contributed by atoms with Gasteiger partial charge >= 0.3 is 0 Å². The van der Waals surface area contributed by atoms with Crippen LogP contribution in [0.3, 0.4) is 0 Å². The Balaban J connectivity index is 2.16. The number of nitrogens with zero attached hydrogens (tertiary/aromatic N) is 1. The molecule has 0 saturated heterocycles. The molecule has 0 aliphatic carbocycles. The van der Waals surface area contributed by atoms with Crippen molar-refractivity contribution in [3.63, 3.8) is 0 Å². The molecule has 0 aromatic heterocycles. The molecule has 3 rings (SSSR count). The van der Waals surface area contributed by atoms with Crippen molar-refractivity contribution in [3.05, 3.63) is 70.7 Å². The summed E-state index contributed by atoms with van der Waals surface area (Å²) in [5, 5.41) is 3.90. The number of anilines is 4. The largest absolute Gasteiger partial charge is 0.397 e. The minimum absolute atomic E-state index is 0.480. The van der Waals surface area contributed by atoms with E-state index in [0.717, 1.165) is 17.1 Å². The van der Waals surface area contributed by atoms with E-state index in [4.69, 9.17) is 28.9 Å². The van der Waals surface area contributed by atoms with Gasteiger partial charge in [0.25, 0.3) is 0 Å². The SMILES string of the molecule is C[Si](C)(C)c1ccc(N(c2ccc([Si](C)(C)C)cc2)c2cc(Cl)c(N)cc2Cl)cc1. The highest BCUT2D eigenvalue weighted by atomic mass is 35.5. The first kappa shape index (κ1) is 22.9. The van der Waals surface area contributed by atoms with Gasteiger partial charge in [0.1, 0.15) is 0 Å². The van der Waals surface area contributed by atoms with Gasteiger partial charge in [0.2, 0.25) is 0 Å². The molecule has 3 aromatic rings. The maximum atomic E-state index is 6.64. The van der Waals surface area contributed by atoms with Crippen molar-refractivity contribution in [2.24, 2.45) is 0 Å². The van der Waals surface area contributed by atoms with E-state index >= 15 is 0 Å². The predicted molar refractivity (Wildman–Crippen MR) is 142 cm³/mol. The third-order valence-electron chi connectivity index (χ3n) is 5.29. The minimum atomic E-state index is -1.38. The average molecular weight is 474 g/mol. The Hall–Kier alpha value is -1.73. The Labute approximate surface area is 192 Å². The first-order valence-electron chi connectivity index (χ1n) is 10.1. The van der Waals surface area contributed by atoms with Crippen molar-refractivity contribution in [3.8, 4) is 0 Å². The molecule has 2 nitrogen and oxygen atoms in total. The van der Waals surface area contributed by atoms with E-state index in [9.17, 15) is 0 Å². The Morgan fingerprint density at radius 1 is 0.633 bits per heavy atom. The van der Waals surface area contributed by atoms with Crippen LogP contribution in [0.1, 0.15) is 0 Å². The molecule has 0 saturated carbocycles. The lowest BCUT2D eigenvalue weighted by molar-refractivity contribution is 1.29. The second kappa shape index (κ2) is 8.42. The van der Waals surface area contributed by atoms with Gasteiger partial charge in [-0.2, -0.15) is 0 Å². The fraction of sp³-hybridized carbons (Fsp3) is 0.250. The molecule has 0 heterocycles. The maximum absolute atomic E-state index is 6.64. The molecule has 6 heteroatoms. The maximum Gasteiger partial charge on any atom is 0.0775 e. The number of halogens is 2. The molecule has 0 spiro atoms. The summed E-state index contributed by atoms with van der Waals surface area (Å²) < 4.78 is 0. The van der Waals surface area contributed by atoms with E-state index in [1.54, 1.807) is 6.07 Å². The van der Waals surface area contributed by atoms with Crippen LogP contribution in [0.5, 0.6) is 0 Å². The summed E-state index contributed by atoms with van der Waals surface area (Å²) in [6, 6.07) is 21.2. The highest BCUT2D eigenvalue weighted by Gasteiger charge is 2.21. The van der Waals surface area contributed by atoms with Gasteiger partial charge in [0, 0.05) is 11.4 Å². The zero-order valence-electron chi connectivity index (χ0n) is 18.6. The molecule has 0 amide bonds. The summed E-state index contributed by atoms with van der Waals surface area (Å²) in [6.07, 6.45) is 0. The molecule has 0 fully saturated rings. The predicted octanol–water partition coefficient (Wildman–Crippen LogP) is 7.14. The summed E-state index contributed by atoms with van der Waals surface area (Å²) in [6.45, 7) is 14.1. The van der Waals surface area contributed by atoms with Crippen LogP contribution in [0.2, 0.25) is 49.3 Å². The van der Waals surface area contributed by atoms with Gasteiger partial charge in [0.15, 0.2) is 0 Å². The van der Waals surface area contributed by atoms with Crippen LogP contribution in [0, 0.1) is 0 Å². The van der Waals surface area contributed by atoms with E-state index in [1.165, 1.54) is 10.4 Å². The third kappa shape index (κ3) is 4.94. The van der Waals surface area contributed by atoms with Gasteiger partial charge in [-0.15, -0.1) is 0 Å². The fourth-order valence-electron chi connectivity index (χ4n) is 3.37. The number of rotatable bonds is 5. The van der Waals surface area contributed by atoms with E-state index in [-0.39, 0.29) is 0 Å². The molecular weight excluding hydrogens is 443 g/mol. The summed E-state index contributed by atoms with van der Waals surface area (Å²) in [5.41, 5.74) is 9.36. The zero-order valence-corrected chi connectivity index (χ0v) is 22.1. The van der Waals surface area contributed by atoms with Gasteiger partial charge in [-0.25, -0.2) is 0 Å². The number of hydrogen-bond donors (Lipinski definition) is 1. The summed E-state index contributed by atoms with van der Waals surface area (Å²) in [4.78, 5) is 2.15. The molecule has 2 N–H and O–H groups in total. The Bertz CT molecular complexity index is 978. The molecule has 0 atom stereocenters. The van der Waals surface area contributed by atoms with Gasteiger partial charge in [-0.1, -0.05) is 97.1 Å². The molecule has 0 bridgehead atoms. The number of benzene rings is 3. The van der Waals surface area contributed by atoms with Crippen LogP contribution in [0.4, 0.5) is 22.7 Å². The molecule has 158 valence electrons. The summed E-state index contributed by atoms with van der Waals surface area (Å²) in [7, 11) is -2.77. The van der Waals surface area contributed by atoms with Crippen LogP contribution in [-0.2, 0) is 0 Å². The van der Waals surface area contributed by atoms with Crippen LogP contribution < -0.4 is 21.0 Å². The molecule has 3 aromatic carbocycles. The Morgan fingerprint density at radius 2 is 1.03 bits per heavy atom. The third-order valence-corrected chi connectivity index (χ3v) is 10.1. The average Bonchev–Trinajstić information content (AvgIpc) is 2.65. The minimum Gasteiger partial charge on any atom is -0.397 e. The molecule has 0 radical (unpaired) electrons. The normalized spacial score (nSPS) is 12.1. The van der Waals surface area contributed by atoms with Crippen molar-refractivity contribution in [2.75, 3.05) is 10.6 Å². The van der Waals surface area contributed by atoms with Crippen molar-refractivity contribution in [2.45, 2.75) is 39.3 Å². The molecule has 0 aliphatic heterocycles. The number of nitrogen functional groups attached to an aromatic ring is 1. The number of nitrogens with two attached hydrogens (primary N) is 1. The molecular formula is C24H30Cl2N2Si2. The first-order valence-corrected chi connectivity index (χ1v) is 17.9. The lowest BCUT2D eigenvalue weighted by atomic mass is 10.2. The van der Waals surface area contributed by atoms with Crippen LogP contribution in [0.15, 0.2) is 60.7 Å². The van der Waals surface area contributed by atoms with Crippen molar-refractivity contribution in [1.29, 1.82) is 0 Å². The quantitative estimate of drug-likeness (QED) is 0.315. The van der Waals surface area contributed by atoms with Gasteiger partial charge in [-0.05, 0) is 36.4 Å². The second-order valence-electron chi connectivity index (χ2n) is 9.75. The second-order valence-corrected chi connectivity index (χ2v) is 20.7. The van der Waals surface area contributed by atoms with E-state index in [0.29, 0.717) is 15.7 Å². The molecule has 30 heavy (non-hydrogen) atoms. The zero-order chi connectivity index (χ0) is 22.3. The summed E-state index contributed by atoms with van der Waals surface area (Å²) >= 11 is 13.0. The monoisotopic (exact) mass is 472 g/mol. The first-order chi connectivity index (χ1) is 13.9. The highest BCUT2D eigenvalue weighted by molar-refractivity contribution is 6.89. The lowest BCUT2D eigenvalue weighted by Gasteiger charge is -2.28. The Kier molecular flexibility index (Phi) is 6.44. The van der Waals surface area contributed by atoms with Crippen LogP contribution in [0.25, 0.3) is 0 Å². The fourth-order valence-corrected chi connectivity index (χ4v) is 6.12. The van der Waals surface area contributed by atoms with Gasteiger partial charge in [0.05, 0.1) is 37.6 Å². The highest BCUT2D eigenvalue weighted by Crippen LogP contribution is 2.41. The van der Waals surface area contributed by atoms with Crippen molar-refractivity contribution in [1.82, 2.24) is 0 Å². The lowest BCUT2D eigenvalue weighted by Crippen LogP contribution is -2.37. The standard InChI is InChI=1S/C24H30Cl2N2Si2/c1-29(2,3)19-11-7-17(8-12-19)28(24-16-21(25)23(27)15-22(24)26)18-9-13-20(14-10-18)30(4,5)6/h7-16H,27H2,1-6H3. The molecule has 0 aliphatic rings. The topological polar surface area (TPSA) is 29.3 Å². The van der Waals surface area contributed by atoms with Crippen LogP contribution >= 0.6 is 23.2 Å². The number of hydrogen-bond acceptors (Lipinski definition) is 2. The van der Waals surface area contributed by atoms with Gasteiger partial charge in [-0.3, -0.25) is 0 Å². The van der Waals surface area contributed by atoms with E-state index in [1.807, 2.05) is 6.07 Å². The Morgan fingerprint density at radius 3 is 1.40 bits per heavy atom. The van der Waals surface area contributed by atoms with E-state index in [2.05, 4.69) is 92.7 Å². The molecule has 0 unspecified atom stereocenters. The van der Waals surface area contributed by atoms with Crippen molar-refractivity contribution < 1.29 is 0 Å². The smallest absolute Gasteiger partial charge is 0.0775 e. The van der Waals surface area contributed by atoms with Gasteiger partial charge < -0.3 is 10.6 Å². The van der Waals surface area contributed by atoms with E-state index < -0.39 is 16.1 Å². The van der Waals surface area contributed by atoms with Crippen LogP contribution in [-0.4, -0.2) is 16.1 Å². The van der Waals surface area contributed by atoms with Crippen molar-refractivity contribution >= 4 is 72.5 Å². The summed E-state index contributed by atoms with van der Waals surface area (Å²) in [5.74, 6) is 0.